The minimum Gasteiger partial charge on any atom is -0.361 e. The number of aromatic amines is 1. The van der Waals surface area contributed by atoms with Crippen LogP contribution < -0.4 is 0 Å². The molecular formula is C31H35N3O3S. The molecule has 4 rings (SSSR count). The Labute approximate surface area is 225 Å². The van der Waals surface area contributed by atoms with Gasteiger partial charge in [-0.25, -0.2) is 8.42 Å². The van der Waals surface area contributed by atoms with Crippen molar-refractivity contribution >= 4 is 32.9 Å². The molecule has 1 amide bonds. The van der Waals surface area contributed by atoms with Crippen LogP contribution in [0.3, 0.4) is 0 Å². The zero-order valence-electron chi connectivity index (χ0n) is 21.8. The van der Waals surface area contributed by atoms with Crippen LogP contribution in [0.25, 0.3) is 17.0 Å². The van der Waals surface area contributed by atoms with Gasteiger partial charge in [-0.05, 0) is 41.7 Å². The molecule has 0 bridgehead atoms. The van der Waals surface area contributed by atoms with Gasteiger partial charge in [0.2, 0.25) is 15.9 Å². The van der Waals surface area contributed by atoms with Crippen LogP contribution in [-0.2, 0) is 27.8 Å². The average Bonchev–Trinajstić information content (AvgIpc) is 3.36. The molecule has 0 saturated carbocycles. The highest BCUT2D eigenvalue weighted by molar-refractivity contribution is 7.92. The van der Waals surface area contributed by atoms with Gasteiger partial charge >= 0.3 is 0 Å². The molecule has 0 saturated heterocycles. The second kappa shape index (κ2) is 13.2. The van der Waals surface area contributed by atoms with Crippen LogP contribution in [0.2, 0.25) is 0 Å². The quantitative estimate of drug-likeness (QED) is 0.236. The minimum absolute atomic E-state index is 0.192. The molecule has 0 aliphatic rings. The van der Waals surface area contributed by atoms with Crippen LogP contribution in [0.15, 0.2) is 96.5 Å². The van der Waals surface area contributed by atoms with Gasteiger partial charge in [0.15, 0.2) is 0 Å². The molecule has 4 aromatic rings. The number of carbonyl (C=O) groups excluding carboxylic acids is 1. The Bertz CT molecular complexity index is 1450. The zero-order chi connectivity index (χ0) is 26.8. The maximum atomic E-state index is 13.7. The van der Waals surface area contributed by atoms with Crippen LogP contribution in [0.1, 0.15) is 36.5 Å². The van der Waals surface area contributed by atoms with Crippen molar-refractivity contribution < 1.29 is 13.2 Å². The summed E-state index contributed by atoms with van der Waals surface area (Å²) in [5.41, 5.74) is 3.99. The Morgan fingerprint density at radius 2 is 1.58 bits per heavy atom. The second-order valence-electron chi connectivity index (χ2n) is 9.36. The number of sulfonamides is 1. The number of nitrogens with one attached hydrogen (secondary N) is 1. The van der Waals surface area contributed by atoms with Crippen LogP contribution in [-0.4, -0.2) is 48.1 Å². The fourth-order valence-electron chi connectivity index (χ4n) is 4.39. The summed E-state index contributed by atoms with van der Waals surface area (Å²) >= 11 is 0. The van der Waals surface area contributed by atoms with Crippen LogP contribution in [0.4, 0.5) is 0 Å². The average molecular weight is 530 g/mol. The van der Waals surface area contributed by atoms with Crippen LogP contribution in [0.5, 0.6) is 0 Å². The van der Waals surface area contributed by atoms with E-state index in [1.165, 1.54) is 9.71 Å². The smallest absolute Gasteiger partial charge is 0.238 e. The third-order valence-corrected chi connectivity index (χ3v) is 8.07. The van der Waals surface area contributed by atoms with Crippen molar-refractivity contribution in [1.82, 2.24) is 14.2 Å². The molecule has 1 N–H and O–H groups in total. The number of unbranched alkanes of at least 4 members (excludes halogenated alkanes) is 1. The van der Waals surface area contributed by atoms with E-state index in [1.54, 1.807) is 11.0 Å². The van der Waals surface area contributed by atoms with E-state index in [4.69, 9.17) is 0 Å². The lowest BCUT2D eigenvalue weighted by Crippen LogP contribution is -2.43. The summed E-state index contributed by atoms with van der Waals surface area (Å²) in [7, 11) is -3.78. The number of carbonyl (C=O) groups is 1. The Hall–Kier alpha value is -3.68. The zero-order valence-corrected chi connectivity index (χ0v) is 22.6. The van der Waals surface area contributed by atoms with Crippen molar-refractivity contribution in [3.63, 3.8) is 0 Å². The SMILES string of the molecule is CCCCN(CC(=O)N(CCc1c[nH]c2ccccc12)Cc1ccccc1)S(=O)(=O)/C=C/c1ccccc1. The lowest BCUT2D eigenvalue weighted by Gasteiger charge is -2.27. The molecular weight excluding hydrogens is 494 g/mol. The highest BCUT2D eigenvalue weighted by atomic mass is 32.2. The number of nitrogens with zero attached hydrogens (tertiary/aromatic N) is 2. The van der Waals surface area contributed by atoms with Gasteiger partial charge < -0.3 is 9.88 Å². The lowest BCUT2D eigenvalue weighted by atomic mass is 10.1. The van der Waals surface area contributed by atoms with E-state index in [2.05, 4.69) is 11.1 Å². The number of hydrogen-bond acceptors (Lipinski definition) is 3. The van der Waals surface area contributed by atoms with Gasteiger partial charge in [0.1, 0.15) is 0 Å². The largest absolute Gasteiger partial charge is 0.361 e. The Balaban J connectivity index is 1.53. The van der Waals surface area contributed by atoms with Gasteiger partial charge in [-0.15, -0.1) is 0 Å². The number of rotatable bonds is 13. The third-order valence-electron chi connectivity index (χ3n) is 6.56. The molecule has 0 spiro atoms. The highest BCUT2D eigenvalue weighted by Gasteiger charge is 2.25. The molecule has 38 heavy (non-hydrogen) atoms. The lowest BCUT2D eigenvalue weighted by molar-refractivity contribution is -0.132. The molecule has 0 aliphatic carbocycles. The molecule has 0 fully saturated rings. The van der Waals surface area contributed by atoms with Gasteiger partial charge in [0, 0.05) is 42.1 Å². The number of aromatic nitrogens is 1. The summed E-state index contributed by atoms with van der Waals surface area (Å²) in [6.45, 7) is 3.02. The standard InChI is InChI=1S/C31H35N3O3S/c1-2-3-20-34(38(36,37)22-19-26-12-6-4-7-13-26)25-31(35)33(24-27-14-8-5-9-15-27)21-18-28-23-32-30-17-11-10-16-29(28)30/h4-17,19,22-23,32H,2-3,18,20-21,24-25H2,1H3/b22-19+. The molecule has 0 atom stereocenters. The first kappa shape index (κ1) is 27.4. The summed E-state index contributed by atoms with van der Waals surface area (Å²) < 4.78 is 27.9. The fraction of sp³-hybridized carbons (Fsp3) is 0.258. The van der Waals surface area contributed by atoms with Gasteiger partial charge in [0.25, 0.3) is 0 Å². The highest BCUT2D eigenvalue weighted by Crippen LogP contribution is 2.19. The second-order valence-corrected chi connectivity index (χ2v) is 11.2. The molecule has 3 aromatic carbocycles. The Kier molecular flexibility index (Phi) is 9.51. The normalized spacial score (nSPS) is 11.9. The topological polar surface area (TPSA) is 73.5 Å². The predicted molar refractivity (Wildman–Crippen MR) is 155 cm³/mol. The monoisotopic (exact) mass is 529 g/mol. The fourth-order valence-corrected chi connectivity index (χ4v) is 5.56. The van der Waals surface area contributed by atoms with E-state index in [9.17, 15) is 13.2 Å². The number of hydrogen-bond donors (Lipinski definition) is 1. The molecule has 6 nitrogen and oxygen atoms in total. The summed E-state index contributed by atoms with van der Waals surface area (Å²) in [5, 5.41) is 2.34. The number of para-hydroxylation sites is 1. The summed E-state index contributed by atoms with van der Waals surface area (Å²) in [4.78, 5) is 18.7. The van der Waals surface area contributed by atoms with Crippen LogP contribution in [0, 0.1) is 0 Å². The molecule has 0 aliphatic heterocycles. The van der Waals surface area contributed by atoms with E-state index in [0.717, 1.165) is 34.0 Å². The van der Waals surface area contributed by atoms with E-state index in [0.29, 0.717) is 32.5 Å². The third kappa shape index (κ3) is 7.43. The van der Waals surface area contributed by atoms with Crippen molar-refractivity contribution in [3.05, 3.63) is 113 Å². The maximum absolute atomic E-state index is 13.7. The van der Waals surface area contributed by atoms with Crippen molar-refractivity contribution in [2.45, 2.75) is 32.7 Å². The molecule has 198 valence electrons. The summed E-state index contributed by atoms with van der Waals surface area (Å²) in [6.07, 6.45) is 5.74. The first-order chi connectivity index (χ1) is 18.5. The summed E-state index contributed by atoms with van der Waals surface area (Å²) in [5.74, 6) is -0.207. The maximum Gasteiger partial charge on any atom is 0.238 e. The van der Waals surface area contributed by atoms with E-state index >= 15 is 0 Å². The van der Waals surface area contributed by atoms with Crippen molar-refractivity contribution in [1.29, 1.82) is 0 Å². The van der Waals surface area contributed by atoms with Gasteiger partial charge in [-0.3, -0.25) is 4.79 Å². The predicted octanol–water partition coefficient (Wildman–Crippen LogP) is 5.84. The number of amides is 1. The first-order valence-corrected chi connectivity index (χ1v) is 14.6. The van der Waals surface area contributed by atoms with Crippen molar-refractivity contribution in [2.24, 2.45) is 0 Å². The molecule has 0 unspecified atom stereocenters. The molecule has 1 heterocycles. The number of fused-ring (bicyclic) bond motifs is 1. The molecule has 0 radical (unpaired) electrons. The van der Waals surface area contributed by atoms with E-state index in [-0.39, 0.29) is 12.5 Å². The molecule has 7 heteroatoms. The van der Waals surface area contributed by atoms with Gasteiger partial charge in [-0.2, -0.15) is 4.31 Å². The first-order valence-electron chi connectivity index (χ1n) is 13.1. The van der Waals surface area contributed by atoms with E-state index in [1.807, 2.05) is 92.0 Å². The van der Waals surface area contributed by atoms with Gasteiger partial charge in [-0.1, -0.05) is 92.2 Å². The van der Waals surface area contributed by atoms with E-state index < -0.39 is 10.0 Å². The molecule has 1 aromatic heterocycles. The number of benzene rings is 3. The van der Waals surface area contributed by atoms with Crippen LogP contribution >= 0.6 is 0 Å². The van der Waals surface area contributed by atoms with Crippen molar-refractivity contribution in [2.75, 3.05) is 19.6 Å². The minimum atomic E-state index is -3.78. The number of H-pyrrole nitrogens is 1. The summed E-state index contributed by atoms with van der Waals surface area (Å²) in [6, 6.07) is 27.2. The van der Waals surface area contributed by atoms with Crippen molar-refractivity contribution in [3.8, 4) is 0 Å². The van der Waals surface area contributed by atoms with Gasteiger partial charge in [0.05, 0.1) is 6.54 Å². The Morgan fingerprint density at radius 3 is 2.32 bits per heavy atom. The Morgan fingerprint density at radius 1 is 0.895 bits per heavy atom.